The topological polar surface area (TPSA) is 0 Å². The molecule has 34 heavy (non-hydrogen) atoms. The second-order valence-corrected chi connectivity index (χ2v) is 18.6. The van der Waals surface area contributed by atoms with Crippen molar-refractivity contribution in [3.8, 4) is 0 Å². The molecule has 2 unspecified atom stereocenters. The van der Waals surface area contributed by atoms with Gasteiger partial charge in [-0.3, -0.25) is 0 Å². The van der Waals surface area contributed by atoms with Crippen LogP contribution >= 0.6 is 22.2 Å². The molecule has 4 aromatic rings. The molecule has 0 nitrogen and oxygen atoms in total. The second-order valence-electron chi connectivity index (χ2n) is 8.40. The van der Waals surface area contributed by atoms with Gasteiger partial charge in [-0.15, -0.1) is 22.2 Å². The molecule has 166 valence electrons. The van der Waals surface area contributed by atoms with E-state index in [-0.39, 0.29) is 0 Å². The molecule has 0 saturated carbocycles. The van der Waals surface area contributed by atoms with Crippen LogP contribution in [0.4, 0.5) is 0 Å². The molecule has 4 aromatic carbocycles. The maximum atomic E-state index is 6.49. The van der Waals surface area contributed by atoms with E-state index >= 15 is 0 Å². The van der Waals surface area contributed by atoms with Crippen LogP contribution in [0.15, 0.2) is 121 Å². The van der Waals surface area contributed by atoms with Gasteiger partial charge in [0.25, 0.3) is 0 Å². The second kappa shape index (κ2) is 10.8. The molecule has 2 aliphatic rings. The Morgan fingerprint density at radius 1 is 0.500 bits per heavy atom. The summed E-state index contributed by atoms with van der Waals surface area (Å²) in [7, 11) is 0. The van der Waals surface area contributed by atoms with Crippen LogP contribution in [0.5, 0.6) is 0 Å². The molecule has 0 saturated heterocycles. The zero-order valence-corrected chi connectivity index (χ0v) is 23.6. The number of halogens is 2. The first-order valence-corrected chi connectivity index (χ1v) is 18.3. The average molecular weight is 575 g/mol. The van der Waals surface area contributed by atoms with Crippen molar-refractivity contribution in [3.63, 3.8) is 0 Å². The zero-order valence-electron chi connectivity index (χ0n) is 18.6. The van der Waals surface area contributed by atoms with Crippen LogP contribution in [-0.4, -0.2) is 6.69 Å². The monoisotopic (exact) mass is 572 g/mol. The predicted octanol–water partition coefficient (Wildman–Crippen LogP) is 7.33. The SMILES string of the molecule is C1=C[CH]([Zr][CH]2C=Cc3ccccc32)c2ccccc21.Cl[Si](Cl)(c1ccccc1)c1ccccc1. The van der Waals surface area contributed by atoms with Gasteiger partial charge in [0.1, 0.15) is 0 Å². The van der Waals surface area contributed by atoms with Gasteiger partial charge in [-0.2, -0.15) is 0 Å². The Kier molecular flexibility index (Phi) is 7.52. The largest absolute Gasteiger partial charge is 0.310 e. The van der Waals surface area contributed by atoms with Crippen molar-refractivity contribution in [2.24, 2.45) is 0 Å². The van der Waals surface area contributed by atoms with Crippen molar-refractivity contribution < 1.29 is 23.2 Å². The van der Waals surface area contributed by atoms with Crippen LogP contribution in [0, 0.1) is 0 Å². The number of hydrogen-bond donors (Lipinski definition) is 0. The van der Waals surface area contributed by atoms with E-state index in [0.29, 0.717) is 0 Å². The molecular weight excluding hydrogens is 551 g/mol. The molecule has 0 amide bonds. The Bertz CT molecular complexity index is 1210. The van der Waals surface area contributed by atoms with E-state index in [0.717, 1.165) is 17.6 Å². The van der Waals surface area contributed by atoms with E-state index in [1.54, 1.807) is 11.1 Å². The summed E-state index contributed by atoms with van der Waals surface area (Å²) < 4.78 is 1.47. The van der Waals surface area contributed by atoms with E-state index in [4.69, 9.17) is 22.2 Å². The van der Waals surface area contributed by atoms with E-state index in [2.05, 4.69) is 72.8 Å². The molecule has 0 aliphatic heterocycles. The van der Waals surface area contributed by atoms with Gasteiger partial charge in [0.15, 0.2) is 0 Å². The van der Waals surface area contributed by atoms with Gasteiger partial charge in [-0.05, 0) is 10.4 Å². The standard InChI is InChI=1S/C12H10Cl2Si.2C9H7.Zr/c13-15(14,11-7-3-1-4-8-11)12-9-5-2-6-10-12;2*1-2-5-9-7-3-6-8(9)4-1;/h1-10H;2*1-7H;. The summed E-state index contributed by atoms with van der Waals surface area (Å²) in [6.45, 7) is -2.51. The van der Waals surface area contributed by atoms with Gasteiger partial charge in [-0.1, -0.05) is 60.7 Å². The van der Waals surface area contributed by atoms with Crippen LogP contribution < -0.4 is 10.4 Å². The first kappa shape index (κ1) is 23.8. The minimum atomic E-state index is -2.51. The van der Waals surface area contributed by atoms with Gasteiger partial charge in [-0.25, -0.2) is 0 Å². The third kappa shape index (κ3) is 5.16. The molecule has 0 aromatic heterocycles. The Morgan fingerprint density at radius 3 is 1.32 bits per heavy atom. The summed E-state index contributed by atoms with van der Waals surface area (Å²) in [5, 5.41) is 2.05. The number of fused-ring (bicyclic) bond motifs is 2. The summed E-state index contributed by atoms with van der Waals surface area (Å²) in [4.78, 5) is 0. The van der Waals surface area contributed by atoms with Gasteiger partial charge in [0.05, 0.1) is 0 Å². The molecule has 2 atom stereocenters. The van der Waals surface area contributed by atoms with Crippen molar-refractivity contribution in [2.45, 2.75) is 7.25 Å². The fourth-order valence-corrected chi connectivity index (χ4v) is 11.7. The van der Waals surface area contributed by atoms with Crippen molar-refractivity contribution in [1.29, 1.82) is 0 Å². The summed E-state index contributed by atoms with van der Waals surface area (Å²) in [6.07, 6.45) is 9.49. The molecule has 0 spiro atoms. The van der Waals surface area contributed by atoms with Crippen LogP contribution in [0.3, 0.4) is 0 Å². The van der Waals surface area contributed by atoms with E-state index in [9.17, 15) is 0 Å². The Balaban J connectivity index is 0.000000146. The van der Waals surface area contributed by atoms with Crippen molar-refractivity contribution in [1.82, 2.24) is 0 Å². The molecule has 0 N–H and O–H groups in total. The van der Waals surface area contributed by atoms with Crippen LogP contribution in [0.2, 0.25) is 0 Å². The van der Waals surface area contributed by atoms with Crippen molar-refractivity contribution in [2.75, 3.05) is 0 Å². The van der Waals surface area contributed by atoms with Crippen LogP contribution in [0.1, 0.15) is 29.5 Å². The van der Waals surface area contributed by atoms with Gasteiger partial charge >= 0.3 is 132 Å². The maximum Gasteiger partial charge on any atom is 0.310 e. The Morgan fingerprint density at radius 2 is 0.882 bits per heavy atom. The van der Waals surface area contributed by atoms with Gasteiger partial charge in [0.2, 0.25) is 0 Å². The summed E-state index contributed by atoms with van der Waals surface area (Å²) >= 11 is 12.4. The minimum absolute atomic E-state index is 0.542. The van der Waals surface area contributed by atoms with E-state index in [1.165, 1.54) is 11.1 Å². The molecule has 2 aliphatic carbocycles. The first-order chi connectivity index (χ1) is 16.6. The van der Waals surface area contributed by atoms with Crippen LogP contribution in [-0.2, 0) is 23.2 Å². The Labute approximate surface area is 224 Å². The fraction of sp³-hybridized carbons (Fsp3) is 0.0667. The normalized spacial score (nSPS) is 17.5. The number of hydrogen-bond acceptors (Lipinski definition) is 0. The predicted molar refractivity (Wildman–Crippen MR) is 146 cm³/mol. The van der Waals surface area contributed by atoms with E-state index < -0.39 is 29.9 Å². The van der Waals surface area contributed by atoms with Gasteiger partial charge < -0.3 is 0 Å². The van der Waals surface area contributed by atoms with Crippen molar-refractivity contribution >= 4 is 51.4 Å². The molecule has 0 radical (unpaired) electrons. The molecule has 6 rings (SSSR count). The molecule has 0 fully saturated rings. The fourth-order valence-electron chi connectivity index (χ4n) is 4.44. The zero-order chi connectivity index (χ0) is 23.4. The van der Waals surface area contributed by atoms with Crippen LogP contribution in [0.25, 0.3) is 12.2 Å². The summed E-state index contributed by atoms with van der Waals surface area (Å²) in [5.74, 6) is 0. The average Bonchev–Trinajstić information content (AvgIpc) is 3.50. The number of allylic oxidation sites excluding steroid dienone is 2. The van der Waals surface area contributed by atoms with Gasteiger partial charge in [0, 0.05) is 0 Å². The molecular formula is C30H24Cl2SiZr. The van der Waals surface area contributed by atoms with Crippen molar-refractivity contribution in [3.05, 3.63) is 144 Å². The number of benzene rings is 4. The smallest absolute Gasteiger partial charge is 0.134 e. The quantitative estimate of drug-likeness (QED) is 0.177. The third-order valence-electron chi connectivity index (χ3n) is 6.23. The number of rotatable bonds is 4. The third-order valence-corrected chi connectivity index (χ3v) is 15.2. The molecule has 0 bridgehead atoms. The minimum Gasteiger partial charge on any atom is -0.134 e. The van der Waals surface area contributed by atoms with E-state index in [1.807, 2.05) is 60.7 Å². The first-order valence-electron chi connectivity index (χ1n) is 11.4. The molecule has 0 heterocycles. The summed E-state index contributed by atoms with van der Waals surface area (Å²) in [6, 6.07) is 37.5. The summed E-state index contributed by atoms with van der Waals surface area (Å²) in [5.41, 5.74) is 5.99. The maximum absolute atomic E-state index is 6.49. The molecule has 4 heteroatoms. The Hall–Kier alpha value is -1.96.